The molecule has 0 fully saturated rings. The van der Waals surface area contributed by atoms with Gasteiger partial charge in [-0.1, -0.05) is 5.16 Å². The highest BCUT2D eigenvalue weighted by molar-refractivity contribution is 5.85. The molecule has 1 heterocycles. The predicted molar refractivity (Wildman–Crippen MR) is 70.9 cm³/mol. The first kappa shape index (κ1) is 14.5. The smallest absolute Gasteiger partial charge is 0.227 e. The lowest BCUT2D eigenvalue weighted by molar-refractivity contribution is 0.376. The fourth-order valence-electron chi connectivity index (χ4n) is 1.47. The van der Waals surface area contributed by atoms with Crippen LogP contribution in [0.15, 0.2) is 28.8 Å². The number of aromatic nitrogens is 2. The molecule has 0 bridgehead atoms. The molecule has 0 unspecified atom stereocenters. The van der Waals surface area contributed by atoms with Crippen LogP contribution in [0, 0.1) is 0 Å². The van der Waals surface area contributed by atoms with Gasteiger partial charge in [-0.3, -0.25) is 0 Å². The summed E-state index contributed by atoms with van der Waals surface area (Å²) in [6, 6.07) is 7.53. The molecule has 1 aromatic heterocycles. The first-order valence-electron chi connectivity index (χ1n) is 5.50. The molecular weight excluding hydrogens is 254 g/mol. The number of ether oxygens (including phenoxy) is 1. The number of methoxy groups -OCH3 is 1. The highest BCUT2D eigenvalue weighted by Crippen LogP contribution is 2.19. The van der Waals surface area contributed by atoms with Gasteiger partial charge in [0, 0.05) is 12.0 Å². The highest BCUT2D eigenvalue weighted by Gasteiger charge is 2.07. The third-order valence-electron chi connectivity index (χ3n) is 2.41. The molecular formula is C12H16ClN3O2. The Hall–Kier alpha value is -1.59. The van der Waals surface area contributed by atoms with E-state index in [2.05, 4.69) is 10.1 Å². The molecule has 0 aliphatic carbocycles. The maximum absolute atomic E-state index is 5.42. The van der Waals surface area contributed by atoms with Crippen LogP contribution >= 0.6 is 12.4 Å². The molecule has 0 aliphatic rings. The first-order chi connectivity index (χ1) is 8.33. The van der Waals surface area contributed by atoms with Crippen LogP contribution in [0.25, 0.3) is 11.4 Å². The van der Waals surface area contributed by atoms with E-state index < -0.39 is 0 Å². The zero-order valence-electron chi connectivity index (χ0n) is 10.1. The largest absolute Gasteiger partial charge is 0.497 e. The van der Waals surface area contributed by atoms with Crippen molar-refractivity contribution in [3.63, 3.8) is 0 Å². The number of halogens is 1. The Kier molecular flexibility index (Phi) is 5.61. The van der Waals surface area contributed by atoms with Crippen LogP contribution in [0.4, 0.5) is 0 Å². The number of hydrogen-bond donors (Lipinski definition) is 1. The summed E-state index contributed by atoms with van der Waals surface area (Å²) in [5, 5.41) is 3.93. The number of rotatable bonds is 5. The molecule has 5 nitrogen and oxygen atoms in total. The number of nitrogens with two attached hydrogens (primary N) is 1. The minimum Gasteiger partial charge on any atom is -0.497 e. The molecule has 0 spiro atoms. The predicted octanol–water partition coefficient (Wildman–Crippen LogP) is 2.06. The van der Waals surface area contributed by atoms with Gasteiger partial charge >= 0.3 is 0 Å². The maximum atomic E-state index is 5.42. The van der Waals surface area contributed by atoms with Gasteiger partial charge in [0.25, 0.3) is 0 Å². The summed E-state index contributed by atoms with van der Waals surface area (Å²) >= 11 is 0. The molecule has 0 atom stereocenters. The van der Waals surface area contributed by atoms with Crippen molar-refractivity contribution in [3.8, 4) is 17.1 Å². The average Bonchev–Trinajstić information content (AvgIpc) is 2.85. The molecule has 0 aliphatic heterocycles. The quantitative estimate of drug-likeness (QED) is 0.899. The highest BCUT2D eigenvalue weighted by atomic mass is 35.5. The van der Waals surface area contributed by atoms with Crippen molar-refractivity contribution in [2.75, 3.05) is 13.7 Å². The lowest BCUT2D eigenvalue weighted by Crippen LogP contribution is -2.00. The molecule has 18 heavy (non-hydrogen) atoms. The van der Waals surface area contributed by atoms with Crippen LogP contribution in [0.2, 0.25) is 0 Å². The maximum Gasteiger partial charge on any atom is 0.227 e. The normalized spacial score (nSPS) is 9.89. The van der Waals surface area contributed by atoms with E-state index in [4.69, 9.17) is 15.0 Å². The van der Waals surface area contributed by atoms with Crippen molar-refractivity contribution in [1.82, 2.24) is 10.1 Å². The standard InChI is InChI=1S/C12H15N3O2.ClH/c1-16-10-6-4-9(5-7-10)12-14-11(17-15-12)3-2-8-13;/h4-7H,2-3,8,13H2,1H3;1H. The minimum absolute atomic E-state index is 0. The van der Waals surface area contributed by atoms with Crippen molar-refractivity contribution >= 4 is 12.4 Å². The van der Waals surface area contributed by atoms with Crippen LogP contribution in [-0.2, 0) is 6.42 Å². The van der Waals surface area contributed by atoms with Crippen LogP contribution in [-0.4, -0.2) is 23.8 Å². The van der Waals surface area contributed by atoms with Gasteiger partial charge < -0.3 is 15.0 Å². The van der Waals surface area contributed by atoms with Gasteiger partial charge in [-0.15, -0.1) is 12.4 Å². The van der Waals surface area contributed by atoms with Crippen molar-refractivity contribution in [2.45, 2.75) is 12.8 Å². The summed E-state index contributed by atoms with van der Waals surface area (Å²) in [5.41, 5.74) is 6.33. The Morgan fingerprint density at radius 3 is 2.61 bits per heavy atom. The fourth-order valence-corrected chi connectivity index (χ4v) is 1.47. The lowest BCUT2D eigenvalue weighted by Gasteiger charge is -1.98. The number of hydrogen-bond acceptors (Lipinski definition) is 5. The summed E-state index contributed by atoms with van der Waals surface area (Å²) in [6.07, 6.45) is 1.57. The van der Waals surface area contributed by atoms with Gasteiger partial charge in [-0.05, 0) is 37.2 Å². The summed E-state index contributed by atoms with van der Waals surface area (Å²) in [7, 11) is 1.63. The van der Waals surface area contributed by atoms with Gasteiger partial charge in [-0.2, -0.15) is 4.98 Å². The SMILES string of the molecule is COc1ccc(-c2noc(CCCN)n2)cc1.Cl. The molecule has 0 saturated carbocycles. The minimum atomic E-state index is 0. The lowest BCUT2D eigenvalue weighted by atomic mass is 10.2. The van der Waals surface area contributed by atoms with E-state index in [1.54, 1.807) is 7.11 Å². The van der Waals surface area contributed by atoms with Crippen LogP contribution in [0.5, 0.6) is 5.75 Å². The van der Waals surface area contributed by atoms with Gasteiger partial charge in [0.2, 0.25) is 11.7 Å². The summed E-state index contributed by atoms with van der Waals surface area (Å²) in [5.74, 6) is 2.03. The van der Waals surface area contributed by atoms with Gasteiger partial charge in [-0.25, -0.2) is 0 Å². The molecule has 6 heteroatoms. The Balaban J connectivity index is 0.00000162. The monoisotopic (exact) mass is 269 g/mol. The summed E-state index contributed by atoms with van der Waals surface area (Å²) in [6.45, 7) is 0.625. The van der Waals surface area contributed by atoms with E-state index in [9.17, 15) is 0 Å². The second-order valence-electron chi connectivity index (χ2n) is 3.63. The van der Waals surface area contributed by atoms with Gasteiger partial charge in [0.05, 0.1) is 7.11 Å². The average molecular weight is 270 g/mol. The first-order valence-corrected chi connectivity index (χ1v) is 5.50. The molecule has 2 rings (SSSR count). The number of nitrogens with zero attached hydrogens (tertiary/aromatic N) is 2. The van der Waals surface area contributed by atoms with Gasteiger partial charge in [0.15, 0.2) is 0 Å². The van der Waals surface area contributed by atoms with Crippen LogP contribution in [0.3, 0.4) is 0 Å². The Labute approximate surface area is 112 Å². The van der Waals surface area contributed by atoms with Crippen molar-refractivity contribution in [2.24, 2.45) is 5.73 Å². The van der Waals surface area contributed by atoms with Crippen LogP contribution in [0.1, 0.15) is 12.3 Å². The molecule has 0 saturated heterocycles. The Morgan fingerprint density at radius 2 is 2.00 bits per heavy atom. The molecule has 98 valence electrons. The number of benzene rings is 1. The van der Waals surface area contributed by atoms with E-state index in [0.717, 1.165) is 24.2 Å². The Bertz CT molecular complexity index is 470. The van der Waals surface area contributed by atoms with E-state index in [1.807, 2.05) is 24.3 Å². The third kappa shape index (κ3) is 3.45. The third-order valence-corrected chi connectivity index (χ3v) is 2.41. The van der Waals surface area contributed by atoms with E-state index in [-0.39, 0.29) is 12.4 Å². The van der Waals surface area contributed by atoms with Crippen molar-refractivity contribution < 1.29 is 9.26 Å². The molecule has 1 aromatic carbocycles. The van der Waals surface area contributed by atoms with E-state index in [1.165, 1.54) is 0 Å². The second-order valence-corrected chi connectivity index (χ2v) is 3.63. The second kappa shape index (κ2) is 6.98. The fraction of sp³-hybridized carbons (Fsp3) is 0.333. The van der Waals surface area contributed by atoms with Crippen molar-refractivity contribution in [3.05, 3.63) is 30.2 Å². The van der Waals surface area contributed by atoms with Gasteiger partial charge in [0.1, 0.15) is 5.75 Å². The summed E-state index contributed by atoms with van der Waals surface area (Å²) in [4.78, 5) is 4.30. The topological polar surface area (TPSA) is 74.2 Å². The van der Waals surface area contributed by atoms with E-state index in [0.29, 0.717) is 18.3 Å². The molecule has 0 radical (unpaired) electrons. The van der Waals surface area contributed by atoms with Crippen molar-refractivity contribution in [1.29, 1.82) is 0 Å². The zero-order valence-corrected chi connectivity index (χ0v) is 10.9. The summed E-state index contributed by atoms with van der Waals surface area (Å²) < 4.78 is 10.2. The molecule has 2 aromatic rings. The number of aryl methyl sites for hydroxylation is 1. The Morgan fingerprint density at radius 1 is 1.28 bits per heavy atom. The van der Waals surface area contributed by atoms with E-state index >= 15 is 0 Å². The molecule has 0 amide bonds. The van der Waals surface area contributed by atoms with Crippen LogP contribution < -0.4 is 10.5 Å². The zero-order chi connectivity index (χ0) is 12.1. The molecule has 2 N–H and O–H groups in total.